The molecule has 0 aliphatic carbocycles. The first kappa shape index (κ1) is 18.1. The van der Waals surface area contributed by atoms with Gasteiger partial charge in [0.25, 0.3) is 0 Å². The molecule has 27 heavy (non-hydrogen) atoms. The molecule has 4 aromatic rings. The van der Waals surface area contributed by atoms with Gasteiger partial charge in [0.15, 0.2) is 10.8 Å². The number of halogens is 1. The van der Waals surface area contributed by atoms with Crippen LogP contribution in [0.3, 0.4) is 0 Å². The van der Waals surface area contributed by atoms with Gasteiger partial charge in [-0.05, 0) is 68.3 Å². The summed E-state index contributed by atoms with van der Waals surface area (Å²) in [6.07, 6.45) is 0. The highest BCUT2D eigenvalue weighted by atomic mass is 35.5. The van der Waals surface area contributed by atoms with E-state index in [4.69, 9.17) is 16.3 Å². The number of aromatic nitrogens is 3. The third kappa shape index (κ3) is 3.62. The number of pyridine rings is 1. The molecular formula is C21H20ClN3OS. The molecule has 4 rings (SSSR count). The first-order valence-corrected chi connectivity index (χ1v) is 10.2. The van der Waals surface area contributed by atoms with Crippen molar-refractivity contribution in [1.82, 2.24) is 14.6 Å². The Hall–Kier alpha value is -2.24. The highest BCUT2D eigenvalue weighted by Gasteiger charge is 2.13. The van der Waals surface area contributed by atoms with E-state index in [1.54, 1.807) is 11.8 Å². The predicted octanol–water partition coefficient (Wildman–Crippen LogP) is 5.63. The molecule has 2 aromatic carbocycles. The minimum atomic E-state index is 0.586. The third-order valence-electron chi connectivity index (χ3n) is 4.49. The van der Waals surface area contributed by atoms with E-state index in [-0.39, 0.29) is 0 Å². The average Bonchev–Trinajstić information content (AvgIpc) is 3.02. The van der Waals surface area contributed by atoms with Crippen molar-refractivity contribution < 1.29 is 4.74 Å². The molecular weight excluding hydrogens is 378 g/mol. The average molecular weight is 398 g/mol. The Kier molecular flexibility index (Phi) is 4.98. The number of rotatable bonds is 5. The van der Waals surface area contributed by atoms with Crippen LogP contribution in [0.25, 0.3) is 16.6 Å². The summed E-state index contributed by atoms with van der Waals surface area (Å²) in [5, 5.41) is 11.6. The fraction of sp³-hybridized carbons (Fsp3) is 0.238. The zero-order chi connectivity index (χ0) is 19.0. The minimum Gasteiger partial charge on any atom is -0.493 e. The van der Waals surface area contributed by atoms with Crippen molar-refractivity contribution in [1.29, 1.82) is 0 Å². The molecule has 4 nitrogen and oxygen atoms in total. The molecule has 6 heteroatoms. The summed E-state index contributed by atoms with van der Waals surface area (Å²) in [6, 6.07) is 13.9. The zero-order valence-electron chi connectivity index (χ0n) is 15.5. The maximum atomic E-state index is 5.90. The van der Waals surface area contributed by atoms with Crippen molar-refractivity contribution >= 4 is 39.9 Å². The lowest BCUT2D eigenvalue weighted by atomic mass is 10.0. The number of ether oxygens (including phenoxy) is 1. The zero-order valence-corrected chi connectivity index (χ0v) is 17.1. The molecule has 0 aliphatic rings. The van der Waals surface area contributed by atoms with Gasteiger partial charge in [-0.1, -0.05) is 35.0 Å². The molecule has 138 valence electrons. The van der Waals surface area contributed by atoms with E-state index in [1.165, 1.54) is 27.6 Å². The molecule has 0 N–H and O–H groups in total. The van der Waals surface area contributed by atoms with Crippen LogP contribution < -0.4 is 4.74 Å². The molecule has 0 amide bonds. The van der Waals surface area contributed by atoms with Gasteiger partial charge in [-0.25, -0.2) is 0 Å². The molecule has 0 saturated heterocycles. The van der Waals surface area contributed by atoms with Crippen molar-refractivity contribution in [2.24, 2.45) is 0 Å². The molecule has 0 unspecified atom stereocenters. The van der Waals surface area contributed by atoms with Crippen LogP contribution in [0.15, 0.2) is 47.6 Å². The van der Waals surface area contributed by atoms with Gasteiger partial charge in [0, 0.05) is 16.2 Å². The fourth-order valence-electron chi connectivity index (χ4n) is 3.33. The highest BCUT2D eigenvalue weighted by molar-refractivity contribution is 7.99. The third-order valence-corrected chi connectivity index (χ3v) is 5.64. The summed E-state index contributed by atoms with van der Waals surface area (Å²) in [7, 11) is 0. The van der Waals surface area contributed by atoms with Gasteiger partial charge in [0.2, 0.25) is 0 Å². The number of hydrogen-bond acceptors (Lipinski definition) is 4. The molecule has 0 aliphatic heterocycles. The van der Waals surface area contributed by atoms with Crippen LogP contribution in [0.2, 0.25) is 5.02 Å². The quantitative estimate of drug-likeness (QED) is 0.323. The van der Waals surface area contributed by atoms with E-state index in [2.05, 4.69) is 53.6 Å². The van der Waals surface area contributed by atoms with Crippen LogP contribution in [-0.4, -0.2) is 27.0 Å². The lowest BCUT2D eigenvalue weighted by Gasteiger charge is -2.11. The molecule has 0 radical (unpaired) electrons. The van der Waals surface area contributed by atoms with E-state index in [0.717, 1.165) is 22.3 Å². The fourth-order valence-corrected chi connectivity index (χ4v) is 4.22. The topological polar surface area (TPSA) is 39.4 Å². The van der Waals surface area contributed by atoms with Crippen LogP contribution in [0.4, 0.5) is 0 Å². The second-order valence-corrected chi connectivity index (χ2v) is 8.13. The Bertz CT molecular complexity index is 1120. The first-order valence-electron chi connectivity index (χ1n) is 8.80. The maximum Gasteiger partial charge on any atom is 0.196 e. The Labute approximate surface area is 167 Å². The molecule has 0 saturated carbocycles. The Balaban J connectivity index is 1.59. The van der Waals surface area contributed by atoms with Crippen LogP contribution >= 0.6 is 23.4 Å². The minimum absolute atomic E-state index is 0.586. The highest BCUT2D eigenvalue weighted by Crippen LogP contribution is 2.29. The Morgan fingerprint density at radius 2 is 1.78 bits per heavy atom. The summed E-state index contributed by atoms with van der Waals surface area (Å²) in [4.78, 5) is 0. The van der Waals surface area contributed by atoms with Crippen LogP contribution in [0.5, 0.6) is 5.75 Å². The predicted molar refractivity (Wildman–Crippen MR) is 112 cm³/mol. The number of thioether (sulfide) groups is 1. The van der Waals surface area contributed by atoms with Crippen molar-refractivity contribution in [2.45, 2.75) is 25.9 Å². The van der Waals surface area contributed by atoms with Gasteiger partial charge in [0.05, 0.1) is 12.1 Å². The van der Waals surface area contributed by atoms with E-state index < -0.39 is 0 Å². The summed E-state index contributed by atoms with van der Waals surface area (Å²) < 4.78 is 7.94. The van der Waals surface area contributed by atoms with Crippen molar-refractivity contribution in [3.8, 4) is 5.75 Å². The number of fused-ring (bicyclic) bond motifs is 3. The SMILES string of the molecule is Cc1cc(C)c2c(c1)c(C)cc1nnc(SCCOc3ccc(Cl)cc3)n12. The van der Waals surface area contributed by atoms with E-state index >= 15 is 0 Å². The van der Waals surface area contributed by atoms with Gasteiger partial charge < -0.3 is 4.74 Å². The maximum absolute atomic E-state index is 5.90. The number of benzene rings is 2. The van der Waals surface area contributed by atoms with Gasteiger partial charge in [0.1, 0.15) is 5.75 Å². The number of hydrogen-bond donors (Lipinski definition) is 0. The molecule has 0 spiro atoms. The van der Waals surface area contributed by atoms with Crippen LogP contribution in [-0.2, 0) is 0 Å². The van der Waals surface area contributed by atoms with Crippen LogP contribution in [0.1, 0.15) is 16.7 Å². The monoisotopic (exact) mass is 397 g/mol. The van der Waals surface area contributed by atoms with Gasteiger partial charge in [-0.3, -0.25) is 4.40 Å². The normalized spacial score (nSPS) is 11.4. The Morgan fingerprint density at radius 3 is 2.56 bits per heavy atom. The van der Waals surface area contributed by atoms with Crippen molar-refractivity contribution in [3.63, 3.8) is 0 Å². The second kappa shape index (κ2) is 7.41. The van der Waals surface area contributed by atoms with Crippen molar-refractivity contribution in [2.75, 3.05) is 12.4 Å². The Morgan fingerprint density at radius 1 is 1.00 bits per heavy atom. The molecule has 2 aromatic heterocycles. The smallest absolute Gasteiger partial charge is 0.196 e. The van der Waals surface area contributed by atoms with Crippen molar-refractivity contribution in [3.05, 3.63) is 64.2 Å². The molecule has 0 bridgehead atoms. The lowest BCUT2D eigenvalue weighted by molar-refractivity contribution is 0.344. The van der Waals surface area contributed by atoms with Gasteiger partial charge in [-0.15, -0.1) is 10.2 Å². The lowest BCUT2D eigenvalue weighted by Crippen LogP contribution is -2.02. The summed E-state index contributed by atoms with van der Waals surface area (Å²) in [5.74, 6) is 1.60. The molecule has 0 atom stereocenters. The van der Waals surface area contributed by atoms with Gasteiger partial charge >= 0.3 is 0 Å². The summed E-state index contributed by atoms with van der Waals surface area (Å²) in [5.41, 5.74) is 5.79. The van der Waals surface area contributed by atoms with E-state index in [1.807, 2.05) is 24.3 Å². The summed E-state index contributed by atoms with van der Waals surface area (Å²) in [6.45, 7) is 6.99. The summed E-state index contributed by atoms with van der Waals surface area (Å²) >= 11 is 7.55. The first-order chi connectivity index (χ1) is 13.0. The van der Waals surface area contributed by atoms with Crippen LogP contribution in [0, 0.1) is 20.8 Å². The van der Waals surface area contributed by atoms with E-state index in [0.29, 0.717) is 11.6 Å². The number of aryl methyl sites for hydroxylation is 3. The second-order valence-electron chi connectivity index (χ2n) is 6.63. The van der Waals surface area contributed by atoms with Gasteiger partial charge in [-0.2, -0.15) is 0 Å². The number of nitrogens with zero attached hydrogens (tertiary/aromatic N) is 3. The van der Waals surface area contributed by atoms with E-state index in [9.17, 15) is 0 Å². The largest absolute Gasteiger partial charge is 0.493 e. The standard InChI is InChI=1S/C21H20ClN3OS/c1-13-10-15(3)20-18(11-13)14(2)12-19-23-24-21(25(19)20)27-9-8-26-17-6-4-16(22)5-7-17/h4-7,10-12H,8-9H2,1-3H3. The molecule has 2 heterocycles. The molecule has 0 fully saturated rings.